The molecule has 0 saturated carbocycles. The fourth-order valence-corrected chi connectivity index (χ4v) is 4.42. The number of rotatable bonds is 32. The van der Waals surface area contributed by atoms with E-state index in [1.807, 2.05) is 0 Å². The minimum atomic E-state index is -1.01. The van der Waals surface area contributed by atoms with Crippen molar-refractivity contribution in [2.45, 2.75) is 148 Å². The topological polar surface area (TPSA) is 72.8 Å². The van der Waals surface area contributed by atoms with Crippen molar-refractivity contribution in [1.29, 1.82) is 0 Å². The Morgan fingerprint density at radius 3 is 1.00 bits per heavy atom. The van der Waals surface area contributed by atoms with E-state index in [0.717, 1.165) is 51.4 Å². The molecule has 0 aromatic rings. The first kappa shape index (κ1) is 44.8. The van der Waals surface area contributed by atoms with Crippen molar-refractivity contribution < 1.29 is 24.2 Å². The summed E-state index contributed by atoms with van der Waals surface area (Å²) >= 11 is 0. The molecule has 0 aliphatic heterocycles. The molecule has 0 amide bonds. The Morgan fingerprint density at radius 2 is 0.708 bits per heavy atom. The predicted molar refractivity (Wildman–Crippen MR) is 205 cm³/mol. The number of carbonyl (C=O) groups is 2. The van der Waals surface area contributed by atoms with E-state index in [2.05, 4.69) is 111 Å². The second-order valence-corrected chi connectivity index (χ2v) is 12.0. The van der Waals surface area contributed by atoms with Gasteiger partial charge in [-0.15, -0.1) is 0 Å². The van der Waals surface area contributed by atoms with Crippen LogP contribution >= 0.6 is 0 Å². The highest BCUT2D eigenvalue weighted by atomic mass is 16.6. The van der Waals surface area contributed by atoms with E-state index in [-0.39, 0.29) is 25.2 Å². The third-order valence-electron chi connectivity index (χ3n) is 7.29. The van der Waals surface area contributed by atoms with Crippen molar-refractivity contribution in [3.63, 3.8) is 0 Å². The first-order valence-corrected chi connectivity index (χ1v) is 18.8. The van der Waals surface area contributed by atoms with E-state index in [9.17, 15) is 14.7 Å². The van der Waals surface area contributed by atoms with E-state index >= 15 is 0 Å². The van der Waals surface area contributed by atoms with E-state index in [1.165, 1.54) is 51.4 Å². The summed E-state index contributed by atoms with van der Waals surface area (Å²) < 4.78 is 10.2. The number of aliphatic hydroxyl groups excluding tert-OH is 1. The second kappa shape index (κ2) is 38.3. The van der Waals surface area contributed by atoms with Crippen LogP contribution in [0, 0.1) is 0 Å². The number of aliphatic hydroxyl groups is 1. The van der Waals surface area contributed by atoms with Crippen LogP contribution in [0.3, 0.4) is 0 Å². The van der Waals surface area contributed by atoms with Crippen LogP contribution in [0.1, 0.15) is 142 Å². The molecule has 0 radical (unpaired) electrons. The quantitative estimate of drug-likeness (QED) is 0.0440. The van der Waals surface area contributed by atoms with Gasteiger partial charge in [0.25, 0.3) is 0 Å². The Hall–Kier alpha value is -3.18. The van der Waals surface area contributed by atoms with Crippen molar-refractivity contribution in [2.75, 3.05) is 13.2 Å². The summed E-state index contributed by atoms with van der Waals surface area (Å²) in [7, 11) is 0. The van der Waals surface area contributed by atoms with Gasteiger partial charge in [0.1, 0.15) is 19.3 Å². The molecule has 0 spiro atoms. The summed E-state index contributed by atoms with van der Waals surface area (Å²) in [5, 5.41) is 9.98. The molecule has 5 heteroatoms. The maximum absolute atomic E-state index is 11.9. The summed E-state index contributed by atoms with van der Waals surface area (Å²) in [4.78, 5) is 23.9. The minimum absolute atomic E-state index is 0.168. The molecule has 0 aromatic carbocycles. The van der Waals surface area contributed by atoms with Crippen LogP contribution in [0.2, 0.25) is 0 Å². The number of carbonyl (C=O) groups excluding carboxylic acids is 2. The van der Waals surface area contributed by atoms with Crippen LogP contribution in [0.15, 0.2) is 97.2 Å². The molecule has 0 bridgehead atoms. The fourth-order valence-electron chi connectivity index (χ4n) is 4.42. The molecular formula is C43H68O5. The summed E-state index contributed by atoms with van der Waals surface area (Å²) in [5.41, 5.74) is 0. The molecule has 0 unspecified atom stereocenters. The zero-order chi connectivity index (χ0) is 35.0. The Bertz CT molecular complexity index is 901. The molecule has 0 aliphatic carbocycles. The van der Waals surface area contributed by atoms with Gasteiger partial charge in [0.05, 0.1) is 0 Å². The molecular weight excluding hydrogens is 596 g/mol. The van der Waals surface area contributed by atoms with Gasteiger partial charge in [-0.2, -0.15) is 0 Å². The molecule has 1 N–H and O–H groups in total. The molecule has 0 fully saturated rings. The van der Waals surface area contributed by atoms with Crippen molar-refractivity contribution in [3.8, 4) is 0 Å². The van der Waals surface area contributed by atoms with Gasteiger partial charge in [0.15, 0.2) is 0 Å². The van der Waals surface area contributed by atoms with Crippen LogP contribution in [0.25, 0.3) is 0 Å². The number of hydrogen-bond acceptors (Lipinski definition) is 5. The van der Waals surface area contributed by atoms with Crippen molar-refractivity contribution >= 4 is 11.9 Å². The van der Waals surface area contributed by atoms with E-state index < -0.39 is 6.10 Å². The van der Waals surface area contributed by atoms with Gasteiger partial charge in [-0.3, -0.25) is 9.59 Å². The fraction of sp³-hybridized carbons (Fsp3) is 0.581. The molecule has 0 heterocycles. The van der Waals surface area contributed by atoms with Gasteiger partial charge in [0.2, 0.25) is 0 Å². The highest BCUT2D eigenvalue weighted by Crippen LogP contribution is 2.05. The summed E-state index contributed by atoms with van der Waals surface area (Å²) in [6.45, 7) is 4.12. The number of ether oxygens (including phenoxy) is 2. The summed E-state index contributed by atoms with van der Waals surface area (Å²) in [6, 6.07) is 0. The Labute approximate surface area is 294 Å². The average Bonchev–Trinajstić information content (AvgIpc) is 3.09. The third-order valence-corrected chi connectivity index (χ3v) is 7.29. The van der Waals surface area contributed by atoms with E-state index in [4.69, 9.17) is 9.47 Å². The number of hydrogen-bond donors (Lipinski definition) is 1. The summed E-state index contributed by atoms with van der Waals surface area (Å²) in [6.07, 6.45) is 53.2. The van der Waals surface area contributed by atoms with Gasteiger partial charge >= 0.3 is 11.9 Å². The van der Waals surface area contributed by atoms with Gasteiger partial charge < -0.3 is 14.6 Å². The second-order valence-electron chi connectivity index (χ2n) is 12.0. The molecule has 0 aromatic heterocycles. The van der Waals surface area contributed by atoms with Gasteiger partial charge in [0, 0.05) is 12.8 Å². The first-order valence-electron chi connectivity index (χ1n) is 18.8. The lowest BCUT2D eigenvalue weighted by atomic mass is 10.2. The predicted octanol–water partition coefficient (Wildman–Crippen LogP) is 11.7. The van der Waals surface area contributed by atoms with Gasteiger partial charge in [-0.05, 0) is 89.9 Å². The lowest BCUT2D eigenvalue weighted by Crippen LogP contribution is -2.25. The molecule has 0 atom stereocenters. The van der Waals surface area contributed by atoms with Crippen LogP contribution in [0.5, 0.6) is 0 Å². The lowest BCUT2D eigenvalue weighted by Gasteiger charge is -2.11. The molecule has 0 saturated heterocycles. The number of esters is 2. The Balaban J connectivity index is 3.68. The molecule has 48 heavy (non-hydrogen) atoms. The smallest absolute Gasteiger partial charge is 0.305 e. The van der Waals surface area contributed by atoms with Crippen LogP contribution in [0.4, 0.5) is 0 Å². The first-order chi connectivity index (χ1) is 23.6. The highest BCUT2D eigenvalue weighted by Gasteiger charge is 2.11. The summed E-state index contributed by atoms with van der Waals surface area (Å²) in [5.74, 6) is -0.703. The monoisotopic (exact) mass is 665 g/mol. The Morgan fingerprint density at radius 1 is 0.438 bits per heavy atom. The third kappa shape index (κ3) is 37.3. The molecule has 270 valence electrons. The van der Waals surface area contributed by atoms with Crippen molar-refractivity contribution in [3.05, 3.63) is 97.2 Å². The van der Waals surface area contributed by atoms with Crippen molar-refractivity contribution in [1.82, 2.24) is 0 Å². The maximum Gasteiger partial charge on any atom is 0.305 e. The zero-order valence-corrected chi connectivity index (χ0v) is 30.5. The lowest BCUT2D eigenvalue weighted by molar-refractivity contribution is -0.152. The SMILES string of the molecule is CCCCCC=CCC=CCC=CCC=CCCCC(=O)OCC(O)COC(=O)CCCC=CCC=CCC=CCC=CCCCCC. The largest absolute Gasteiger partial charge is 0.463 e. The Kier molecular flexibility index (Phi) is 35.7. The standard InChI is InChI=1S/C43H68O5/c1-3-5-7-9-11-13-15-17-19-21-23-25-27-29-31-33-35-37-42(45)47-39-41(44)40-48-43(46)38-36-34-32-30-28-26-24-22-20-18-16-14-12-10-8-6-4-2/h11-14,17-20,23-26,29-32,41,44H,3-10,15-16,21-22,27-28,33-40H2,1-2H3. The van der Waals surface area contributed by atoms with E-state index in [1.54, 1.807) is 0 Å². The minimum Gasteiger partial charge on any atom is -0.463 e. The average molecular weight is 665 g/mol. The zero-order valence-electron chi connectivity index (χ0n) is 30.5. The van der Waals surface area contributed by atoms with E-state index in [0.29, 0.717) is 25.7 Å². The normalized spacial score (nSPS) is 13.3. The molecule has 0 rings (SSSR count). The van der Waals surface area contributed by atoms with Gasteiger partial charge in [-0.25, -0.2) is 0 Å². The maximum atomic E-state index is 11.9. The number of allylic oxidation sites excluding steroid dienone is 16. The van der Waals surface area contributed by atoms with Crippen LogP contribution in [-0.2, 0) is 19.1 Å². The van der Waals surface area contributed by atoms with Crippen molar-refractivity contribution in [2.24, 2.45) is 0 Å². The number of unbranched alkanes of at least 4 members (excludes halogenated alkanes) is 8. The molecule has 0 aliphatic rings. The van der Waals surface area contributed by atoms with Crippen LogP contribution < -0.4 is 0 Å². The molecule has 5 nitrogen and oxygen atoms in total. The van der Waals surface area contributed by atoms with Gasteiger partial charge in [-0.1, -0.05) is 137 Å². The highest BCUT2D eigenvalue weighted by molar-refractivity contribution is 5.69. The van der Waals surface area contributed by atoms with Crippen LogP contribution in [-0.4, -0.2) is 36.4 Å².